The van der Waals surface area contributed by atoms with Crippen molar-refractivity contribution in [2.45, 2.75) is 0 Å². The monoisotopic (exact) mass is 800 g/mol. The summed E-state index contributed by atoms with van der Waals surface area (Å²) in [6.07, 6.45) is 0. The van der Waals surface area contributed by atoms with Crippen LogP contribution in [-0.4, -0.2) is 9.97 Å². The highest BCUT2D eigenvalue weighted by molar-refractivity contribution is 7.85. The Balaban J connectivity index is 1.06. The summed E-state index contributed by atoms with van der Waals surface area (Å²) in [7, 11) is -3.13. The Labute approximate surface area is 353 Å². The molecule has 2 heterocycles. The number of benzene rings is 9. The number of furan rings is 1. The zero-order chi connectivity index (χ0) is 40.8. The average molecular weight is 801 g/mol. The Morgan fingerprint density at radius 3 is 1.56 bits per heavy atom. The Morgan fingerprint density at radius 1 is 0.361 bits per heavy atom. The van der Waals surface area contributed by atoms with Gasteiger partial charge in [-0.3, -0.25) is 0 Å². The maximum atomic E-state index is 15.2. The molecule has 9 aromatic carbocycles. The van der Waals surface area contributed by atoms with Crippen LogP contribution in [0.2, 0.25) is 0 Å². The van der Waals surface area contributed by atoms with Gasteiger partial charge >= 0.3 is 0 Å². The summed E-state index contributed by atoms with van der Waals surface area (Å²) in [5.74, 6) is 0.681. The maximum absolute atomic E-state index is 15.2. The van der Waals surface area contributed by atoms with Crippen LogP contribution in [0.5, 0.6) is 0 Å². The van der Waals surface area contributed by atoms with Crippen LogP contribution in [0.4, 0.5) is 0 Å². The number of hydrogen-bond acceptors (Lipinski definition) is 4. The first-order chi connectivity index (χ1) is 30.1. The molecule has 0 spiro atoms. The van der Waals surface area contributed by atoms with Crippen molar-refractivity contribution in [1.82, 2.24) is 9.97 Å². The highest BCUT2D eigenvalue weighted by Gasteiger charge is 2.29. The molecule has 0 amide bonds. The average Bonchev–Trinajstić information content (AvgIpc) is 3.74. The van der Waals surface area contributed by atoms with E-state index in [4.69, 9.17) is 14.4 Å². The van der Waals surface area contributed by atoms with Crippen LogP contribution >= 0.6 is 7.14 Å². The van der Waals surface area contributed by atoms with Gasteiger partial charge in [-0.15, -0.1) is 0 Å². The fourth-order valence-electron chi connectivity index (χ4n) is 8.62. The lowest BCUT2D eigenvalue weighted by atomic mass is 9.93. The molecular weight excluding hydrogens is 764 g/mol. The van der Waals surface area contributed by atoms with Crippen LogP contribution in [0.25, 0.3) is 88.9 Å². The Hall–Kier alpha value is -7.65. The highest BCUT2D eigenvalue weighted by atomic mass is 31.2. The highest BCUT2D eigenvalue weighted by Crippen LogP contribution is 2.45. The van der Waals surface area contributed by atoms with Gasteiger partial charge in [0.15, 0.2) is 13.0 Å². The van der Waals surface area contributed by atoms with Gasteiger partial charge in [-0.25, -0.2) is 9.97 Å². The standard InChI is InChI=1S/C56H37N2O2P/c59-61(43-23-9-3-10-24-43,44-25-11-4-12-26-44)45-33-31-38(32-34-45)49-36-50-54-46(29-16-30-53(54)60-55(50)48-28-14-13-27-47(48)49)41-21-15-22-42(35-41)52-37-51(39-17-5-1-6-18-39)57-56(58-52)40-19-7-2-8-20-40/h1-37H. The Bertz CT molecular complexity index is 3320. The third kappa shape index (κ3) is 6.46. The molecule has 0 radical (unpaired) electrons. The molecule has 0 saturated carbocycles. The van der Waals surface area contributed by atoms with Gasteiger partial charge in [0, 0.05) is 48.8 Å². The van der Waals surface area contributed by atoms with Gasteiger partial charge in [0.2, 0.25) is 0 Å². The van der Waals surface area contributed by atoms with Crippen molar-refractivity contribution in [3.05, 3.63) is 224 Å². The first-order valence-electron chi connectivity index (χ1n) is 20.4. The first kappa shape index (κ1) is 36.4. The smallest absolute Gasteiger partial charge is 0.171 e. The second-order valence-corrected chi connectivity index (χ2v) is 18.0. The fourth-order valence-corrected chi connectivity index (χ4v) is 11.3. The van der Waals surface area contributed by atoms with E-state index in [1.54, 1.807) is 0 Å². The van der Waals surface area contributed by atoms with Crippen molar-refractivity contribution in [2.24, 2.45) is 0 Å². The fraction of sp³-hybridized carbons (Fsp3) is 0. The molecular formula is C56H37N2O2P. The number of rotatable bonds is 8. The van der Waals surface area contributed by atoms with Gasteiger partial charge in [0.1, 0.15) is 11.2 Å². The van der Waals surface area contributed by atoms with E-state index in [1.165, 1.54) is 0 Å². The second kappa shape index (κ2) is 15.2. The quantitative estimate of drug-likeness (QED) is 0.144. The predicted octanol–water partition coefficient (Wildman–Crippen LogP) is 13.5. The van der Waals surface area contributed by atoms with Gasteiger partial charge in [-0.1, -0.05) is 200 Å². The van der Waals surface area contributed by atoms with E-state index in [0.717, 1.165) is 99.0 Å². The van der Waals surface area contributed by atoms with E-state index in [-0.39, 0.29) is 0 Å². The lowest BCUT2D eigenvalue weighted by Crippen LogP contribution is -2.24. The number of aromatic nitrogens is 2. The SMILES string of the molecule is O=P(c1ccccc1)(c1ccccc1)c1ccc(-c2cc3c(oc4cccc(-c5cccc(-c6cc(-c7ccccc7)nc(-c7ccccc7)n6)c5)c43)c3ccccc23)cc1. The molecule has 0 aliphatic rings. The maximum Gasteiger partial charge on any atom is 0.171 e. The third-order valence-corrected chi connectivity index (χ3v) is 14.7. The number of fused-ring (bicyclic) bond motifs is 5. The minimum Gasteiger partial charge on any atom is -0.455 e. The Kier molecular flexibility index (Phi) is 9.07. The van der Waals surface area contributed by atoms with Crippen LogP contribution in [0, 0.1) is 0 Å². The summed E-state index contributed by atoms with van der Waals surface area (Å²) in [6.45, 7) is 0. The third-order valence-electron chi connectivity index (χ3n) is 11.6. The van der Waals surface area contributed by atoms with Crippen molar-refractivity contribution in [2.75, 3.05) is 0 Å². The van der Waals surface area contributed by atoms with Crippen molar-refractivity contribution < 1.29 is 8.98 Å². The zero-order valence-electron chi connectivity index (χ0n) is 33.0. The minimum absolute atomic E-state index is 0.681. The first-order valence-corrected chi connectivity index (χ1v) is 22.1. The van der Waals surface area contributed by atoms with E-state index in [0.29, 0.717) is 5.82 Å². The molecule has 0 atom stereocenters. The molecule has 2 aromatic heterocycles. The van der Waals surface area contributed by atoms with Crippen LogP contribution in [0.1, 0.15) is 0 Å². The largest absolute Gasteiger partial charge is 0.455 e. The summed E-state index contributed by atoms with van der Waals surface area (Å²) >= 11 is 0. The normalized spacial score (nSPS) is 11.7. The molecule has 0 fully saturated rings. The summed E-state index contributed by atoms with van der Waals surface area (Å²) < 4.78 is 22.0. The van der Waals surface area contributed by atoms with Crippen molar-refractivity contribution in [3.63, 3.8) is 0 Å². The number of hydrogen-bond donors (Lipinski definition) is 0. The predicted molar refractivity (Wildman–Crippen MR) is 253 cm³/mol. The van der Waals surface area contributed by atoms with Gasteiger partial charge in [-0.2, -0.15) is 0 Å². The summed E-state index contributed by atoms with van der Waals surface area (Å²) in [6, 6.07) is 76.0. The van der Waals surface area contributed by atoms with Crippen LogP contribution < -0.4 is 15.9 Å². The molecule has 0 bridgehead atoms. The summed E-state index contributed by atoms with van der Waals surface area (Å²) in [4.78, 5) is 10.1. The van der Waals surface area contributed by atoms with E-state index in [1.807, 2.05) is 109 Å². The van der Waals surface area contributed by atoms with E-state index < -0.39 is 7.14 Å². The van der Waals surface area contributed by atoms with E-state index >= 15 is 4.57 Å². The van der Waals surface area contributed by atoms with E-state index in [9.17, 15) is 0 Å². The molecule has 0 aliphatic carbocycles. The van der Waals surface area contributed by atoms with Gasteiger partial charge in [-0.05, 0) is 51.9 Å². The molecule has 11 aromatic rings. The molecule has 0 aliphatic heterocycles. The van der Waals surface area contributed by atoms with Crippen LogP contribution in [0.15, 0.2) is 229 Å². The zero-order valence-corrected chi connectivity index (χ0v) is 33.9. The molecule has 5 heteroatoms. The van der Waals surface area contributed by atoms with Gasteiger partial charge in [0.05, 0.1) is 11.4 Å². The van der Waals surface area contributed by atoms with Gasteiger partial charge < -0.3 is 8.98 Å². The molecule has 61 heavy (non-hydrogen) atoms. The van der Waals surface area contributed by atoms with Crippen molar-refractivity contribution in [3.8, 4) is 56.2 Å². The molecule has 0 saturated heterocycles. The summed E-state index contributed by atoms with van der Waals surface area (Å²) in [5, 5.41) is 6.64. The number of nitrogens with zero attached hydrogens (tertiary/aromatic N) is 2. The van der Waals surface area contributed by atoms with Crippen molar-refractivity contribution >= 4 is 55.8 Å². The lowest BCUT2D eigenvalue weighted by molar-refractivity contribution is 0.592. The van der Waals surface area contributed by atoms with Crippen LogP contribution in [0.3, 0.4) is 0 Å². The molecule has 288 valence electrons. The summed E-state index contributed by atoms with van der Waals surface area (Å²) in [5.41, 5.74) is 10.6. The Morgan fingerprint density at radius 2 is 0.885 bits per heavy atom. The van der Waals surface area contributed by atoms with Crippen LogP contribution in [-0.2, 0) is 4.57 Å². The van der Waals surface area contributed by atoms with E-state index in [2.05, 4.69) is 115 Å². The lowest BCUT2D eigenvalue weighted by Gasteiger charge is -2.20. The van der Waals surface area contributed by atoms with Crippen molar-refractivity contribution in [1.29, 1.82) is 0 Å². The molecule has 0 unspecified atom stereocenters. The second-order valence-electron chi connectivity index (χ2n) is 15.2. The molecule has 4 nitrogen and oxygen atoms in total. The minimum atomic E-state index is -3.13. The molecule has 11 rings (SSSR count). The van der Waals surface area contributed by atoms with Gasteiger partial charge in [0.25, 0.3) is 0 Å². The molecule has 0 N–H and O–H groups in total. The topological polar surface area (TPSA) is 56.0 Å².